The molecule has 0 spiro atoms. The number of benzene rings is 1. The molecule has 1 aliphatic heterocycles. The number of cyclic esters (lactones) is 1. The highest BCUT2D eigenvalue weighted by molar-refractivity contribution is 8.00. The predicted molar refractivity (Wildman–Crippen MR) is 65.4 cm³/mol. The lowest BCUT2D eigenvalue weighted by Gasteiger charge is -2.13. The van der Waals surface area contributed by atoms with Gasteiger partial charge in [0.1, 0.15) is 11.1 Å². The zero-order chi connectivity index (χ0) is 12.3. The van der Waals surface area contributed by atoms with Crippen molar-refractivity contribution in [3.63, 3.8) is 0 Å². The summed E-state index contributed by atoms with van der Waals surface area (Å²) in [6, 6.07) is 6.23. The SMILES string of the molecule is CCCC1COC(=O)C1Sc1ccc(F)cc1. The molecule has 0 saturated carbocycles. The van der Waals surface area contributed by atoms with Gasteiger partial charge in [-0.3, -0.25) is 4.79 Å². The molecule has 1 saturated heterocycles. The minimum absolute atomic E-state index is 0.139. The summed E-state index contributed by atoms with van der Waals surface area (Å²) in [5, 5.41) is -0.139. The van der Waals surface area contributed by atoms with Crippen LogP contribution in [-0.4, -0.2) is 17.8 Å². The average Bonchev–Trinajstić information content (AvgIpc) is 2.65. The molecule has 1 aromatic rings. The van der Waals surface area contributed by atoms with Crippen LogP contribution in [0.2, 0.25) is 0 Å². The molecule has 4 heteroatoms. The van der Waals surface area contributed by atoms with Gasteiger partial charge in [0.05, 0.1) is 6.61 Å². The molecule has 1 fully saturated rings. The van der Waals surface area contributed by atoms with Crippen molar-refractivity contribution in [3.05, 3.63) is 30.1 Å². The van der Waals surface area contributed by atoms with E-state index in [1.807, 2.05) is 0 Å². The summed E-state index contributed by atoms with van der Waals surface area (Å²) in [5.74, 6) is -0.117. The Labute approximate surface area is 105 Å². The fourth-order valence-electron chi connectivity index (χ4n) is 1.96. The first kappa shape index (κ1) is 12.4. The van der Waals surface area contributed by atoms with E-state index in [9.17, 15) is 9.18 Å². The number of hydrogen-bond donors (Lipinski definition) is 0. The van der Waals surface area contributed by atoms with Crippen LogP contribution in [0.3, 0.4) is 0 Å². The highest BCUT2D eigenvalue weighted by Gasteiger charge is 2.36. The second-order valence-electron chi connectivity index (χ2n) is 4.17. The summed E-state index contributed by atoms with van der Waals surface area (Å²) in [4.78, 5) is 12.5. The average molecular weight is 254 g/mol. The quantitative estimate of drug-likeness (QED) is 0.771. The van der Waals surface area contributed by atoms with Crippen LogP contribution in [0.4, 0.5) is 4.39 Å². The topological polar surface area (TPSA) is 26.3 Å². The van der Waals surface area contributed by atoms with Gasteiger partial charge in [0, 0.05) is 10.8 Å². The number of thioether (sulfide) groups is 1. The van der Waals surface area contributed by atoms with E-state index in [4.69, 9.17) is 4.74 Å². The summed E-state index contributed by atoms with van der Waals surface area (Å²) in [6.07, 6.45) is 2.03. The molecular weight excluding hydrogens is 239 g/mol. The summed E-state index contributed by atoms with van der Waals surface area (Å²) in [5.41, 5.74) is 0. The summed E-state index contributed by atoms with van der Waals surface area (Å²) >= 11 is 1.47. The smallest absolute Gasteiger partial charge is 0.319 e. The molecule has 0 aliphatic carbocycles. The maximum absolute atomic E-state index is 12.8. The summed E-state index contributed by atoms with van der Waals surface area (Å²) in [7, 11) is 0. The standard InChI is InChI=1S/C13H15FO2S/c1-2-3-9-8-16-13(15)12(9)17-11-6-4-10(14)5-7-11/h4-7,9,12H,2-3,8H2,1H3. The number of carbonyl (C=O) groups excluding carboxylic acids is 1. The lowest BCUT2D eigenvalue weighted by Crippen LogP contribution is -2.18. The maximum Gasteiger partial charge on any atom is 0.319 e. The van der Waals surface area contributed by atoms with Crippen molar-refractivity contribution >= 4 is 17.7 Å². The minimum Gasteiger partial charge on any atom is -0.464 e. The number of hydrogen-bond acceptors (Lipinski definition) is 3. The Balaban J connectivity index is 2.05. The third-order valence-electron chi connectivity index (χ3n) is 2.84. The number of halogens is 1. The molecule has 1 heterocycles. The number of ether oxygens (including phenoxy) is 1. The molecule has 2 unspecified atom stereocenters. The molecule has 1 aromatic carbocycles. The molecular formula is C13H15FO2S. The first-order valence-electron chi connectivity index (χ1n) is 5.79. The normalized spacial score (nSPS) is 23.8. The number of carbonyl (C=O) groups is 1. The minimum atomic E-state index is -0.256. The van der Waals surface area contributed by atoms with Crippen molar-refractivity contribution in [3.8, 4) is 0 Å². The number of rotatable bonds is 4. The van der Waals surface area contributed by atoms with E-state index in [1.165, 1.54) is 23.9 Å². The molecule has 2 rings (SSSR count). The Hall–Kier alpha value is -1.03. The fraction of sp³-hybridized carbons (Fsp3) is 0.462. The van der Waals surface area contributed by atoms with Gasteiger partial charge >= 0.3 is 5.97 Å². The van der Waals surface area contributed by atoms with Gasteiger partial charge in [0.25, 0.3) is 0 Å². The first-order valence-corrected chi connectivity index (χ1v) is 6.67. The van der Waals surface area contributed by atoms with Crippen LogP contribution in [0.1, 0.15) is 19.8 Å². The van der Waals surface area contributed by atoms with E-state index < -0.39 is 0 Å². The second kappa shape index (κ2) is 5.54. The Morgan fingerprint density at radius 2 is 2.12 bits per heavy atom. The molecule has 0 bridgehead atoms. The molecule has 92 valence electrons. The molecule has 0 radical (unpaired) electrons. The molecule has 0 aromatic heterocycles. The predicted octanol–water partition coefficient (Wildman–Crippen LogP) is 3.26. The van der Waals surface area contributed by atoms with E-state index in [2.05, 4.69) is 6.92 Å². The van der Waals surface area contributed by atoms with Gasteiger partial charge in [-0.05, 0) is 30.7 Å². The lowest BCUT2D eigenvalue weighted by atomic mass is 10.0. The van der Waals surface area contributed by atoms with Crippen molar-refractivity contribution in [2.45, 2.75) is 29.9 Å². The van der Waals surface area contributed by atoms with Crippen molar-refractivity contribution in [2.24, 2.45) is 5.92 Å². The highest BCUT2D eigenvalue weighted by Crippen LogP contribution is 2.35. The van der Waals surface area contributed by atoms with E-state index in [1.54, 1.807) is 12.1 Å². The van der Waals surface area contributed by atoms with E-state index in [0.29, 0.717) is 6.61 Å². The van der Waals surface area contributed by atoms with Crippen LogP contribution < -0.4 is 0 Å². The van der Waals surface area contributed by atoms with Gasteiger partial charge in [-0.2, -0.15) is 0 Å². The Bertz CT molecular complexity index is 391. The lowest BCUT2D eigenvalue weighted by molar-refractivity contribution is -0.137. The van der Waals surface area contributed by atoms with Crippen molar-refractivity contribution < 1.29 is 13.9 Å². The Morgan fingerprint density at radius 3 is 2.76 bits per heavy atom. The monoisotopic (exact) mass is 254 g/mol. The fourth-order valence-corrected chi connectivity index (χ4v) is 3.12. The van der Waals surface area contributed by atoms with Crippen LogP contribution >= 0.6 is 11.8 Å². The largest absolute Gasteiger partial charge is 0.464 e. The zero-order valence-corrected chi connectivity index (χ0v) is 10.5. The van der Waals surface area contributed by atoms with Crippen LogP contribution in [-0.2, 0) is 9.53 Å². The van der Waals surface area contributed by atoms with E-state index in [-0.39, 0.29) is 23.0 Å². The van der Waals surface area contributed by atoms with Crippen molar-refractivity contribution in [2.75, 3.05) is 6.61 Å². The molecule has 0 amide bonds. The van der Waals surface area contributed by atoms with Gasteiger partial charge in [-0.15, -0.1) is 11.8 Å². The number of esters is 1. The van der Waals surface area contributed by atoms with Crippen LogP contribution in [0.15, 0.2) is 29.2 Å². The van der Waals surface area contributed by atoms with Crippen LogP contribution in [0.25, 0.3) is 0 Å². The van der Waals surface area contributed by atoms with E-state index in [0.717, 1.165) is 17.7 Å². The summed E-state index contributed by atoms with van der Waals surface area (Å²) in [6.45, 7) is 2.62. The van der Waals surface area contributed by atoms with E-state index >= 15 is 0 Å². The van der Waals surface area contributed by atoms with Gasteiger partial charge in [-0.1, -0.05) is 13.3 Å². The van der Waals surface area contributed by atoms with Gasteiger partial charge in [0.2, 0.25) is 0 Å². The molecule has 17 heavy (non-hydrogen) atoms. The van der Waals surface area contributed by atoms with Gasteiger partial charge in [-0.25, -0.2) is 4.39 Å². The molecule has 2 nitrogen and oxygen atoms in total. The van der Waals surface area contributed by atoms with Crippen LogP contribution in [0.5, 0.6) is 0 Å². The Kier molecular flexibility index (Phi) is 4.05. The summed E-state index contributed by atoms with van der Waals surface area (Å²) < 4.78 is 17.9. The first-order chi connectivity index (χ1) is 8.20. The third kappa shape index (κ3) is 3.00. The third-order valence-corrected chi connectivity index (χ3v) is 4.21. The zero-order valence-electron chi connectivity index (χ0n) is 9.69. The van der Waals surface area contributed by atoms with Gasteiger partial charge in [0.15, 0.2) is 0 Å². The van der Waals surface area contributed by atoms with Gasteiger partial charge < -0.3 is 4.74 Å². The highest BCUT2D eigenvalue weighted by atomic mass is 32.2. The van der Waals surface area contributed by atoms with Crippen molar-refractivity contribution in [1.29, 1.82) is 0 Å². The molecule has 1 aliphatic rings. The van der Waals surface area contributed by atoms with Crippen molar-refractivity contribution in [1.82, 2.24) is 0 Å². The maximum atomic E-state index is 12.8. The molecule has 0 N–H and O–H groups in total. The second-order valence-corrected chi connectivity index (χ2v) is 5.39. The molecule has 2 atom stereocenters. The Morgan fingerprint density at radius 1 is 1.41 bits per heavy atom. The van der Waals surface area contributed by atoms with Crippen LogP contribution in [0, 0.1) is 11.7 Å².